The second-order valence-electron chi connectivity index (χ2n) is 3.96. The van der Waals surface area contributed by atoms with E-state index in [1.54, 1.807) is 18.2 Å². The number of carbonyl (C=O) groups is 2. The van der Waals surface area contributed by atoms with Crippen LogP contribution in [0.2, 0.25) is 9.36 Å². The van der Waals surface area contributed by atoms with Gasteiger partial charge in [-0.05, 0) is 36.4 Å². The maximum Gasteiger partial charge on any atom is 0.337 e. The van der Waals surface area contributed by atoms with E-state index in [4.69, 9.17) is 28.3 Å². The molecule has 1 aromatic carbocycles. The minimum absolute atomic E-state index is 0.0153. The smallest absolute Gasteiger partial charge is 0.337 e. The molecule has 0 saturated carbocycles. The number of aromatic carboxylic acids is 1. The maximum atomic E-state index is 11.7. The molecule has 21 heavy (non-hydrogen) atoms. The second-order valence-corrected chi connectivity index (χ2v) is 6.12. The number of thiophene rings is 1. The molecule has 4 nitrogen and oxygen atoms in total. The first kappa shape index (κ1) is 15.6. The van der Waals surface area contributed by atoms with Crippen molar-refractivity contribution in [2.75, 3.05) is 5.32 Å². The third kappa shape index (κ3) is 4.32. The third-order valence-electron chi connectivity index (χ3n) is 2.46. The Bertz CT molecular complexity index is 725. The van der Waals surface area contributed by atoms with Crippen molar-refractivity contribution in [1.29, 1.82) is 0 Å². The largest absolute Gasteiger partial charge is 0.478 e. The summed E-state index contributed by atoms with van der Waals surface area (Å²) in [5.41, 5.74) is 0.405. The predicted octanol–water partition coefficient (Wildman–Crippen LogP) is 4.41. The molecular weight excluding hydrogens is 333 g/mol. The lowest BCUT2D eigenvalue weighted by atomic mass is 10.2. The molecule has 1 aromatic heterocycles. The van der Waals surface area contributed by atoms with Crippen LogP contribution >= 0.6 is 34.5 Å². The number of rotatable bonds is 4. The highest BCUT2D eigenvalue weighted by Gasteiger charge is 2.09. The fourth-order valence-electron chi connectivity index (χ4n) is 1.53. The number of anilines is 1. The normalized spacial score (nSPS) is 10.8. The van der Waals surface area contributed by atoms with Crippen molar-refractivity contribution in [1.82, 2.24) is 0 Å². The van der Waals surface area contributed by atoms with Crippen molar-refractivity contribution in [3.8, 4) is 0 Å². The highest BCUT2D eigenvalue weighted by atomic mass is 35.5. The number of carboxylic acids is 1. The van der Waals surface area contributed by atoms with E-state index in [0.717, 1.165) is 4.88 Å². The first-order chi connectivity index (χ1) is 9.95. The number of hydrogen-bond acceptors (Lipinski definition) is 3. The average molecular weight is 342 g/mol. The van der Waals surface area contributed by atoms with Crippen LogP contribution in [0.1, 0.15) is 15.2 Å². The SMILES string of the molecule is O=C(C=Cc1ccc(Cl)s1)Nc1ccc(C(=O)O)c(Cl)c1. The van der Waals surface area contributed by atoms with Crippen molar-refractivity contribution in [2.24, 2.45) is 0 Å². The van der Waals surface area contributed by atoms with Gasteiger partial charge < -0.3 is 10.4 Å². The van der Waals surface area contributed by atoms with Crippen LogP contribution in [0.15, 0.2) is 36.4 Å². The first-order valence-corrected chi connectivity index (χ1v) is 7.30. The van der Waals surface area contributed by atoms with Crippen LogP contribution in [-0.4, -0.2) is 17.0 Å². The van der Waals surface area contributed by atoms with E-state index in [1.165, 1.54) is 35.6 Å². The van der Waals surface area contributed by atoms with Gasteiger partial charge >= 0.3 is 5.97 Å². The molecule has 0 bridgehead atoms. The molecule has 0 fully saturated rings. The van der Waals surface area contributed by atoms with Gasteiger partial charge in [-0.25, -0.2) is 4.79 Å². The molecule has 1 heterocycles. The molecule has 0 radical (unpaired) electrons. The number of carboxylic acid groups (broad SMARTS) is 1. The van der Waals surface area contributed by atoms with Crippen molar-refractivity contribution >= 4 is 58.2 Å². The molecule has 2 aromatic rings. The van der Waals surface area contributed by atoms with Gasteiger partial charge in [-0.2, -0.15) is 0 Å². The van der Waals surface area contributed by atoms with Gasteiger partial charge in [0.1, 0.15) is 0 Å². The lowest BCUT2D eigenvalue weighted by molar-refractivity contribution is -0.111. The van der Waals surface area contributed by atoms with Gasteiger partial charge in [0.15, 0.2) is 0 Å². The number of carbonyl (C=O) groups excluding carboxylic acids is 1. The van der Waals surface area contributed by atoms with E-state index in [9.17, 15) is 9.59 Å². The van der Waals surface area contributed by atoms with E-state index in [2.05, 4.69) is 5.32 Å². The van der Waals surface area contributed by atoms with Crippen LogP contribution in [0, 0.1) is 0 Å². The van der Waals surface area contributed by atoms with Crippen LogP contribution in [0.5, 0.6) is 0 Å². The molecule has 0 spiro atoms. The van der Waals surface area contributed by atoms with E-state index in [1.807, 2.05) is 0 Å². The molecule has 0 aliphatic carbocycles. The number of amides is 1. The van der Waals surface area contributed by atoms with Gasteiger partial charge in [0, 0.05) is 16.6 Å². The molecule has 108 valence electrons. The number of benzene rings is 1. The minimum Gasteiger partial charge on any atom is -0.478 e. The highest BCUT2D eigenvalue weighted by molar-refractivity contribution is 7.17. The molecule has 0 atom stereocenters. The lowest BCUT2D eigenvalue weighted by Gasteiger charge is -2.04. The molecule has 0 unspecified atom stereocenters. The quantitative estimate of drug-likeness (QED) is 0.809. The minimum atomic E-state index is -1.12. The monoisotopic (exact) mass is 341 g/mol. The standard InChI is InChI=1S/C14H9Cl2NO3S/c15-11-7-8(1-4-10(11)14(19)20)17-13(18)6-3-9-2-5-12(16)21-9/h1-7H,(H,17,18)(H,19,20). The molecule has 2 N–H and O–H groups in total. The highest BCUT2D eigenvalue weighted by Crippen LogP contribution is 2.23. The van der Waals surface area contributed by atoms with Gasteiger partial charge in [-0.15, -0.1) is 11.3 Å². The Morgan fingerprint density at radius 3 is 2.52 bits per heavy atom. The zero-order chi connectivity index (χ0) is 15.4. The Hall–Kier alpha value is -1.82. The molecule has 0 saturated heterocycles. The van der Waals surface area contributed by atoms with Crippen molar-refractivity contribution in [2.45, 2.75) is 0 Å². The Balaban J connectivity index is 2.04. The molecule has 0 aliphatic heterocycles. The molecule has 1 amide bonds. The van der Waals surface area contributed by atoms with Gasteiger partial charge in [0.25, 0.3) is 0 Å². The number of halogens is 2. The van der Waals surface area contributed by atoms with Crippen LogP contribution in [-0.2, 0) is 4.79 Å². The van der Waals surface area contributed by atoms with Crippen LogP contribution < -0.4 is 5.32 Å². The van der Waals surface area contributed by atoms with E-state index >= 15 is 0 Å². The summed E-state index contributed by atoms with van der Waals surface area (Å²) in [4.78, 5) is 23.4. The van der Waals surface area contributed by atoms with E-state index in [-0.39, 0.29) is 16.5 Å². The van der Waals surface area contributed by atoms with Crippen molar-refractivity contribution in [3.05, 3.63) is 56.2 Å². The van der Waals surface area contributed by atoms with Gasteiger partial charge in [0.05, 0.1) is 14.9 Å². The fourth-order valence-corrected chi connectivity index (χ4v) is 2.75. The Kier molecular flexibility index (Phi) is 5.01. The average Bonchev–Trinajstić information content (AvgIpc) is 2.82. The summed E-state index contributed by atoms with van der Waals surface area (Å²) >= 11 is 13.0. The summed E-state index contributed by atoms with van der Waals surface area (Å²) < 4.78 is 0.645. The predicted molar refractivity (Wildman–Crippen MR) is 85.4 cm³/mol. The van der Waals surface area contributed by atoms with E-state index in [0.29, 0.717) is 10.0 Å². The summed E-state index contributed by atoms with van der Waals surface area (Å²) in [5, 5.41) is 11.5. The van der Waals surface area contributed by atoms with Crippen LogP contribution in [0.25, 0.3) is 6.08 Å². The Labute approximate surface area is 134 Å². The summed E-state index contributed by atoms with van der Waals surface area (Å²) in [6.45, 7) is 0. The number of hydrogen-bond donors (Lipinski definition) is 2. The van der Waals surface area contributed by atoms with Crippen molar-refractivity contribution in [3.63, 3.8) is 0 Å². The zero-order valence-corrected chi connectivity index (χ0v) is 12.8. The first-order valence-electron chi connectivity index (χ1n) is 5.73. The van der Waals surface area contributed by atoms with Gasteiger partial charge in [0.2, 0.25) is 5.91 Å². The maximum absolute atomic E-state index is 11.7. The Morgan fingerprint density at radius 1 is 1.19 bits per heavy atom. The second kappa shape index (κ2) is 6.76. The lowest BCUT2D eigenvalue weighted by Crippen LogP contribution is -2.08. The summed E-state index contributed by atoms with van der Waals surface area (Å²) in [6.07, 6.45) is 3.00. The van der Waals surface area contributed by atoms with Crippen LogP contribution in [0.3, 0.4) is 0 Å². The fraction of sp³-hybridized carbons (Fsp3) is 0. The number of nitrogens with one attached hydrogen (secondary N) is 1. The molecular formula is C14H9Cl2NO3S. The van der Waals surface area contributed by atoms with E-state index < -0.39 is 5.97 Å². The topological polar surface area (TPSA) is 66.4 Å². The zero-order valence-electron chi connectivity index (χ0n) is 10.5. The Morgan fingerprint density at radius 2 is 1.95 bits per heavy atom. The van der Waals surface area contributed by atoms with Crippen LogP contribution in [0.4, 0.5) is 5.69 Å². The summed E-state index contributed by atoms with van der Waals surface area (Å²) in [6, 6.07) is 7.74. The summed E-state index contributed by atoms with van der Waals surface area (Å²) in [5.74, 6) is -1.47. The molecule has 0 aliphatic rings. The third-order valence-corrected chi connectivity index (χ3v) is 3.97. The van der Waals surface area contributed by atoms with Crippen molar-refractivity contribution < 1.29 is 14.7 Å². The van der Waals surface area contributed by atoms with Gasteiger partial charge in [-0.3, -0.25) is 4.79 Å². The molecule has 7 heteroatoms. The molecule has 2 rings (SSSR count). The van der Waals surface area contributed by atoms with Gasteiger partial charge in [-0.1, -0.05) is 23.2 Å². The summed E-state index contributed by atoms with van der Waals surface area (Å²) in [7, 11) is 0.